The third-order valence-electron chi connectivity index (χ3n) is 4.15. The van der Waals surface area contributed by atoms with E-state index in [9.17, 15) is 0 Å². The Labute approximate surface area is 137 Å². The van der Waals surface area contributed by atoms with E-state index in [0.717, 1.165) is 51.0 Å². The molecule has 0 atom stereocenters. The van der Waals surface area contributed by atoms with Gasteiger partial charge in [-0.05, 0) is 18.6 Å². The smallest absolute Gasteiger partial charge is 0.227 e. The van der Waals surface area contributed by atoms with Crippen LogP contribution in [0.3, 0.4) is 0 Å². The van der Waals surface area contributed by atoms with Gasteiger partial charge in [-0.1, -0.05) is 0 Å². The first kappa shape index (κ1) is 15.7. The Morgan fingerprint density at radius 2 is 1.91 bits per heavy atom. The average molecular weight is 315 g/mol. The number of rotatable bonds is 5. The molecule has 23 heavy (non-hydrogen) atoms. The van der Waals surface area contributed by atoms with Crippen LogP contribution in [0.2, 0.25) is 0 Å². The van der Waals surface area contributed by atoms with Gasteiger partial charge in [0.2, 0.25) is 5.95 Å². The highest BCUT2D eigenvalue weighted by Gasteiger charge is 2.19. The summed E-state index contributed by atoms with van der Waals surface area (Å²) in [6, 6.07) is 1.94. The van der Waals surface area contributed by atoms with Crippen molar-refractivity contribution in [3.63, 3.8) is 0 Å². The van der Waals surface area contributed by atoms with Gasteiger partial charge in [0.1, 0.15) is 5.82 Å². The van der Waals surface area contributed by atoms with Crippen LogP contribution >= 0.6 is 0 Å². The van der Waals surface area contributed by atoms with Crippen LogP contribution in [0, 0.1) is 6.92 Å². The van der Waals surface area contributed by atoms with E-state index in [1.54, 1.807) is 0 Å². The second-order valence-corrected chi connectivity index (χ2v) is 6.22. The maximum atomic E-state index is 4.63. The zero-order valence-electron chi connectivity index (χ0n) is 14.2. The lowest BCUT2D eigenvalue weighted by Gasteiger charge is -2.34. The molecule has 3 rings (SSSR count). The highest BCUT2D eigenvalue weighted by molar-refractivity contribution is 5.42. The molecule has 0 amide bonds. The Morgan fingerprint density at radius 1 is 1.13 bits per heavy atom. The summed E-state index contributed by atoms with van der Waals surface area (Å²) < 4.78 is 2.02. The van der Waals surface area contributed by atoms with Crippen molar-refractivity contribution >= 4 is 11.8 Å². The number of anilines is 2. The van der Waals surface area contributed by atoms with Crippen molar-refractivity contribution in [1.29, 1.82) is 0 Å². The zero-order chi connectivity index (χ0) is 16.2. The van der Waals surface area contributed by atoms with Crippen molar-refractivity contribution in [2.24, 2.45) is 0 Å². The Kier molecular flexibility index (Phi) is 4.76. The third-order valence-corrected chi connectivity index (χ3v) is 4.15. The van der Waals surface area contributed by atoms with Gasteiger partial charge in [-0.15, -0.1) is 0 Å². The number of hydrogen-bond acceptors (Lipinski definition) is 6. The molecule has 7 heteroatoms. The van der Waals surface area contributed by atoms with Gasteiger partial charge in [0, 0.05) is 59.2 Å². The maximum Gasteiger partial charge on any atom is 0.227 e. The van der Waals surface area contributed by atoms with E-state index < -0.39 is 0 Å². The van der Waals surface area contributed by atoms with Crippen LogP contribution in [0.15, 0.2) is 24.7 Å². The summed E-state index contributed by atoms with van der Waals surface area (Å²) in [4.78, 5) is 15.8. The SMILES string of the molecule is Cc1cnn(CCN2CCN(c3nccc(N(C)C)n3)CC2)c1. The minimum Gasteiger partial charge on any atom is -0.363 e. The molecule has 0 unspecified atom stereocenters. The molecule has 1 aliphatic rings. The van der Waals surface area contributed by atoms with E-state index in [0.29, 0.717) is 0 Å². The van der Waals surface area contributed by atoms with Gasteiger partial charge in [-0.25, -0.2) is 4.98 Å². The van der Waals surface area contributed by atoms with Gasteiger partial charge < -0.3 is 9.80 Å². The molecule has 1 aliphatic heterocycles. The summed E-state index contributed by atoms with van der Waals surface area (Å²) in [5, 5.41) is 4.34. The molecule has 0 N–H and O–H groups in total. The van der Waals surface area contributed by atoms with E-state index in [2.05, 4.69) is 38.0 Å². The molecular weight excluding hydrogens is 290 g/mol. The predicted molar refractivity (Wildman–Crippen MR) is 92.0 cm³/mol. The van der Waals surface area contributed by atoms with Crippen LogP contribution in [-0.4, -0.2) is 71.5 Å². The van der Waals surface area contributed by atoms with Gasteiger partial charge in [0.25, 0.3) is 0 Å². The van der Waals surface area contributed by atoms with Crippen LogP contribution in [0.1, 0.15) is 5.56 Å². The fraction of sp³-hybridized carbons (Fsp3) is 0.562. The molecule has 3 heterocycles. The highest BCUT2D eigenvalue weighted by atomic mass is 15.3. The second kappa shape index (κ2) is 6.95. The van der Waals surface area contributed by atoms with Gasteiger partial charge in [-0.3, -0.25) is 9.58 Å². The van der Waals surface area contributed by atoms with E-state index in [-0.39, 0.29) is 0 Å². The number of nitrogens with zero attached hydrogens (tertiary/aromatic N) is 7. The predicted octanol–water partition coefficient (Wildman–Crippen LogP) is 0.870. The van der Waals surface area contributed by atoms with E-state index in [1.165, 1.54) is 5.56 Å². The van der Waals surface area contributed by atoms with Gasteiger partial charge in [-0.2, -0.15) is 10.1 Å². The number of piperazine rings is 1. The average Bonchev–Trinajstić information content (AvgIpc) is 2.99. The van der Waals surface area contributed by atoms with Gasteiger partial charge in [0.05, 0.1) is 12.7 Å². The van der Waals surface area contributed by atoms with Crippen LogP contribution < -0.4 is 9.80 Å². The monoisotopic (exact) mass is 315 g/mol. The van der Waals surface area contributed by atoms with Crippen molar-refractivity contribution in [2.45, 2.75) is 13.5 Å². The van der Waals surface area contributed by atoms with Crippen LogP contribution in [0.25, 0.3) is 0 Å². The molecule has 2 aromatic heterocycles. The highest BCUT2D eigenvalue weighted by Crippen LogP contribution is 2.14. The Morgan fingerprint density at radius 3 is 2.57 bits per heavy atom. The lowest BCUT2D eigenvalue weighted by Crippen LogP contribution is -2.47. The minimum atomic E-state index is 0.832. The quantitative estimate of drug-likeness (QED) is 0.816. The summed E-state index contributed by atoms with van der Waals surface area (Å²) in [7, 11) is 4.00. The molecule has 1 saturated heterocycles. The Hall–Kier alpha value is -2.15. The van der Waals surface area contributed by atoms with Crippen LogP contribution in [0.4, 0.5) is 11.8 Å². The first-order chi connectivity index (χ1) is 11.1. The lowest BCUT2D eigenvalue weighted by atomic mass is 10.3. The molecule has 124 valence electrons. The van der Waals surface area contributed by atoms with Crippen molar-refractivity contribution < 1.29 is 0 Å². The van der Waals surface area contributed by atoms with Gasteiger partial charge in [0.15, 0.2) is 0 Å². The van der Waals surface area contributed by atoms with Crippen molar-refractivity contribution in [2.75, 3.05) is 56.6 Å². The van der Waals surface area contributed by atoms with Crippen LogP contribution in [0.5, 0.6) is 0 Å². The molecule has 0 bridgehead atoms. The molecule has 0 radical (unpaired) electrons. The Balaban J connectivity index is 1.51. The summed E-state index contributed by atoms with van der Waals surface area (Å²) in [6.07, 6.45) is 5.84. The number of aryl methyl sites for hydroxylation is 1. The number of aromatic nitrogens is 4. The lowest BCUT2D eigenvalue weighted by molar-refractivity contribution is 0.243. The fourth-order valence-electron chi connectivity index (χ4n) is 2.75. The standard InChI is InChI=1S/C16H25N7/c1-14-12-18-23(13-14)11-8-21-6-9-22(10-7-21)16-17-5-4-15(19-16)20(2)3/h4-5,12-13H,6-11H2,1-3H3. The van der Waals surface area contributed by atoms with Crippen molar-refractivity contribution in [3.05, 3.63) is 30.2 Å². The summed E-state index contributed by atoms with van der Waals surface area (Å²) in [6.45, 7) is 8.06. The number of hydrogen-bond donors (Lipinski definition) is 0. The minimum absolute atomic E-state index is 0.832. The summed E-state index contributed by atoms with van der Waals surface area (Å²) >= 11 is 0. The molecule has 0 aromatic carbocycles. The summed E-state index contributed by atoms with van der Waals surface area (Å²) in [5.41, 5.74) is 1.22. The van der Waals surface area contributed by atoms with Crippen molar-refractivity contribution in [3.8, 4) is 0 Å². The topological polar surface area (TPSA) is 53.3 Å². The molecule has 0 spiro atoms. The van der Waals surface area contributed by atoms with Crippen LogP contribution in [-0.2, 0) is 6.54 Å². The molecule has 7 nitrogen and oxygen atoms in total. The van der Waals surface area contributed by atoms with E-state index in [1.807, 2.05) is 42.1 Å². The first-order valence-corrected chi connectivity index (χ1v) is 8.08. The normalized spacial score (nSPS) is 15.9. The molecular formula is C16H25N7. The zero-order valence-corrected chi connectivity index (χ0v) is 14.2. The fourth-order valence-corrected chi connectivity index (χ4v) is 2.75. The first-order valence-electron chi connectivity index (χ1n) is 8.08. The van der Waals surface area contributed by atoms with Gasteiger partial charge >= 0.3 is 0 Å². The third kappa shape index (κ3) is 3.98. The Bertz CT molecular complexity index is 629. The largest absolute Gasteiger partial charge is 0.363 e. The summed E-state index contributed by atoms with van der Waals surface area (Å²) in [5.74, 6) is 1.78. The molecule has 1 fully saturated rings. The second-order valence-electron chi connectivity index (χ2n) is 6.22. The molecule has 0 aliphatic carbocycles. The maximum absolute atomic E-state index is 4.63. The van der Waals surface area contributed by atoms with Crippen molar-refractivity contribution in [1.82, 2.24) is 24.6 Å². The van der Waals surface area contributed by atoms with E-state index in [4.69, 9.17) is 0 Å². The molecule has 0 saturated carbocycles. The molecule has 2 aromatic rings. The van der Waals surface area contributed by atoms with E-state index >= 15 is 0 Å².